The number of para-hydroxylation sites is 1. The Balaban J connectivity index is 2.06. The number of aryl methyl sites for hydroxylation is 2. The molecule has 0 bridgehead atoms. The standard InChI is InChI=1S/C17H20N2O3/c1-10-9-12-5-3-6-13(15(12)18-11(10)2)16(20)14-7-4-8-19(14)17(21)22/h3,5-6,9,14,16,20H,4,7-8H2,1-2H3,(H,21,22)/t14-,16-/m1/s1. The number of amides is 1. The van der Waals surface area contributed by atoms with Crippen molar-refractivity contribution in [1.29, 1.82) is 0 Å². The highest BCUT2D eigenvalue weighted by Gasteiger charge is 2.35. The van der Waals surface area contributed by atoms with Crippen LogP contribution in [0.3, 0.4) is 0 Å². The lowest BCUT2D eigenvalue weighted by Crippen LogP contribution is -2.38. The minimum Gasteiger partial charge on any atom is -0.465 e. The molecule has 1 aliphatic heterocycles. The van der Waals surface area contributed by atoms with E-state index in [9.17, 15) is 15.0 Å². The van der Waals surface area contributed by atoms with Crippen molar-refractivity contribution >= 4 is 17.0 Å². The van der Waals surface area contributed by atoms with Gasteiger partial charge < -0.3 is 15.1 Å². The second kappa shape index (κ2) is 5.57. The maximum absolute atomic E-state index is 11.3. The summed E-state index contributed by atoms with van der Waals surface area (Å²) in [5.41, 5.74) is 3.50. The largest absolute Gasteiger partial charge is 0.465 e. The molecule has 2 heterocycles. The highest BCUT2D eigenvalue weighted by molar-refractivity contribution is 5.83. The molecule has 2 N–H and O–H groups in total. The first kappa shape index (κ1) is 14.8. The van der Waals surface area contributed by atoms with Crippen LogP contribution in [0.15, 0.2) is 24.3 Å². The number of carbonyl (C=O) groups is 1. The van der Waals surface area contributed by atoms with Gasteiger partial charge in [-0.2, -0.15) is 0 Å². The van der Waals surface area contributed by atoms with Gasteiger partial charge in [-0.1, -0.05) is 18.2 Å². The number of likely N-dealkylation sites (tertiary alicyclic amines) is 1. The van der Waals surface area contributed by atoms with Crippen LogP contribution in [0.2, 0.25) is 0 Å². The van der Waals surface area contributed by atoms with Gasteiger partial charge in [0.25, 0.3) is 0 Å². The summed E-state index contributed by atoms with van der Waals surface area (Å²) in [4.78, 5) is 17.3. The molecule has 1 aromatic heterocycles. The number of aliphatic hydroxyl groups excluding tert-OH is 1. The normalized spacial score (nSPS) is 19.6. The van der Waals surface area contributed by atoms with E-state index in [0.29, 0.717) is 18.5 Å². The summed E-state index contributed by atoms with van der Waals surface area (Å²) in [7, 11) is 0. The Kier molecular flexibility index (Phi) is 3.74. The van der Waals surface area contributed by atoms with Gasteiger partial charge in [0, 0.05) is 23.2 Å². The molecule has 0 spiro atoms. The molecule has 0 radical (unpaired) electrons. The molecular weight excluding hydrogens is 280 g/mol. The molecule has 2 aromatic rings. The average molecular weight is 300 g/mol. The highest BCUT2D eigenvalue weighted by Crippen LogP contribution is 2.33. The van der Waals surface area contributed by atoms with Crippen LogP contribution in [0, 0.1) is 13.8 Å². The van der Waals surface area contributed by atoms with Crippen LogP contribution in [0.4, 0.5) is 4.79 Å². The first-order valence-electron chi connectivity index (χ1n) is 7.53. The van der Waals surface area contributed by atoms with Gasteiger partial charge in [-0.15, -0.1) is 0 Å². The minimum absolute atomic E-state index is 0.397. The number of hydrogen-bond donors (Lipinski definition) is 2. The van der Waals surface area contributed by atoms with Crippen LogP contribution in [0.1, 0.15) is 35.8 Å². The van der Waals surface area contributed by atoms with E-state index in [1.807, 2.05) is 32.0 Å². The van der Waals surface area contributed by atoms with Crippen LogP contribution in [-0.2, 0) is 0 Å². The van der Waals surface area contributed by atoms with Crippen LogP contribution in [0.5, 0.6) is 0 Å². The Morgan fingerprint density at radius 3 is 2.91 bits per heavy atom. The first-order valence-corrected chi connectivity index (χ1v) is 7.53. The van der Waals surface area contributed by atoms with Crippen molar-refractivity contribution in [1.82, 2.24) is 9.88 Å². The molecule has 0 aliphatic carbocycles. The van der Waals surface area contributed by atoms with E-state index in [1.54, 1.807) is 0 Å². The minimum atomic E-state index is -0.971. The summed E-state index contributed by atoms with van der Waals surface area (Å²) in [5.74, 6) is 0. The zero-order chi connectivity index (χ0) is 15.9. The Morgan fingerprint density at radius 1 is 1.41 bits per heavy atom. The van der Waals surface area contributed by atoms with Crippen molar-refractivity contribution in [3.05, 3.63) is 41.1 Å². The monoisotopic (exact) mass is 300 g/mol. The number of pyridine rings is 1. The van der Waals surface area contributed by atoms with Crippen molar-refractivity contribution in [2.45, 2.75) is 38.8 Å². The van der Waals surface area contributed by atoms with Crippen molar-refractivity contribution in [3.63, 3.8) is 0 Å². The fourth-order valence-electron chi connectivity index (χ4n) is 3.22. The Bertz CT molecular complexity index is 729. The molecule has 5 nitrogen and oxygen atoms in total. The van der Waals surface area contributed by atoms with Crippen molar-refractivity contribution in [2.75, 3.05) is 6.54 Å². The second-order valence-electron chi connectivity index (χ2n) is 5.94. The summed E-state index contributed by atoms with van der Waals surface area (Å²) >= 11 is 0. The smallest absolute Gasteiger partial charge is 0.407 e. The van der Waals surface area contributed by atoms with Gasteiger partial charge in [0.2, 0.25) is 0 Å². The predicted molar refractivity (Wildman–Crippen MR) is 83.9 cm³/mol. The van der Waals surface area contributed by atoms with Gasteiger partial charge in [0.1, 0.15) is 6.10 Å². The van der Waals surface area contributed by atoms with E-state index < -0.39 is 18.2 Å². The lowest BCUT2D eigenvalue weighted by atomic mass is 9.97. The SMILES string of the molecule is Cc1cc2cccc([C@@H](O)[C@H]3CCCN3C(=O)O)c2nc1C. The summed E-state index contributed by atoms with van der Waals surface area (Å²) < 4.78 is 0. The quantitative estimate of drug-likeness (QED) is 0.894. The molecule has 2 atom stereocenters. The third kappa shape index (κ3) is 2.41. The number of aliphatic hydroxyl groups is 1. The van der Waals surface area contributed by atoms with Gasteiger partial charge in [-0.3, -0.25) is 4.98 Å². The number of fused-ring (bicyclic) bond motifs is 1. The molecule has 22 heavy (non-hydrogen) atoms. The van der Waals surface area contributed by atoms with Gasteiger partial charge in [-0.05, 0) is 38.3 Å². The van der Waals surface area contributed by atoms with E-state index >= 15 is 0 Å². The zero-order valence-corrected chi connectivity index (χ0v) is 12.8. The number of aromatic nitrogens is 1. The maximum Gasteiger partial charge on any atom is 0.407 e. The number of rotatable bonds is 2. The Hall–Kier alpha value is -2.14. The Morgan fingerprint density at radius 2 is 2.18 bits per heavy atom. The summed E-state index contributed by atoms with van der Waals surface area (Å²) in [6.45, 7) is 4.43. The molecule has 3 rings (SSSR count). The number of hydrogen-bond acceptors (Lipinski definition) is 3. The highest BCUT2D eigenvalue weighted by atomic mass is 16.4. The van der Waals surface area contributed by atoms with E-state index in [1.165, 1.54) is 4.90 Å². The third-order valence-electron chi connectivity index (χ3n) is 4.55. The molecule has 0 unspecified atom stereocenters. The number of benzene rings is 1. The first-order chi connectivity index (χ1) is 10.5. The maximum atomic E-state index is 11.3. The van der Waals surface area contributed by atoms with Gasteiger partial charge in [0.15, 0.2) is 0 Å². The zero-order valence-electron chi connectivity index (χ0n) is 12.8. The molecule has 1 amide bonds. The van der Waals surface area contributed by atoms with Crippen molar-refractivity contribution in [3.8, 4) is 0 Å². The van der Waals surface area contributed by atoms with E-state index in [-0.39, 0.29) is 0 Å². The molecule has 5 heteroatoms. The van der Waals surface area contributed by atoms with E-state index in [0.717, 1.165) is 28.6 Å². The van der Waals surface area contributed by atoms with Crippen LogP contribution >= 0.6 is 0 Å². The van der Waals surface area contributed by atoms with Gasteiger partial charge in [-0.25, -0.2) is 4.79 Å². The van der Waals surface area contributed by atoms with E-state index in [2.05, 4.69) is 11.1 Å². The lowest BCUT2D eigenvalue weighted by Gasteiger charge is -2.27. The summed E-state index contributed by atoms with van der Waals surface area (Å²) in [6.07, 6.45) is -0.363. The average Bonchev–Trinajstić information content (AvgIpc) is 2.97. The molecule has 1 aliphatic rings. The number of carboxylic acid groups (broad SMARTS) is 1. The molecule has 1 aromatic carbocycles. The number of nitrogens with zero attached hydrogens (tertiary/aromatic N) is 2. The molecule has 0 saturated carbocycles. The molecule has 1 saturated heterocycles. The van der Waals surface area contributed by atoms with Gasteiger partial charge >= 0.3 is 6.09 Å². The van der Waals surface area contributed by atoms with Crippen LogP contribution in [-0.4, -0.2) is 38.8 Å². The summed E-state index contributed by atoms with van der Waals surface area (Å²) in [5, 5.41) is 21.0. The second-order valence-corrected chi connectivity index (χ2v) is 5.94. The van der Waals surface area contributed by atoms with Crippen molar-refractivity contribution in [2.24, 2.45) is 0 Å². The Labute approximate surface area is 129 Å². The lowest BCUT2D eigenvalue weighted by molar-refractivity contribution is 0.0684. The molecular formula is C17H20N2O3. The molecule has 116 valence electrons. The van der Waals surface area contributed by atoms with E-state index in [4.69, 9.17) is 0 Å². The van der Waals surface area contributed by atoms with Crippen molar-refractivity contribution < 1.29 is 15.0 Å². The topological polar surface area (TPSA) is 73.7 Å². The van der Waals surface area contributed by atoms with Gasteiger partial charge in [0.05, 0.1) is 11.6 Å². The fourth-order valence-corrected chi connectivity index (χ4v) is 3.22. The third-order valence-corrected chi connectivity index (χ3v) is 4.55. The van der Waals surface area contributed by atoms with Crippen LogP contribution < -0.4 is 0 Å². The van der Waals surface area contributed by atoms with Crippen LogP contribution in [0.25, 0.3) is 10.9 Å². The summed E-state index contributed by atoms with van der Waals surface area (Å²) in [6, 6.07) is 7.35. The fraction of sp³-hybridized carbons (Fsp3) is 0.412. The molecule has 1 fully saturated rings. The predicted octanol–water partition coefficient (Wildman–Crippen LogP) is 3.03.